The monoisotopic (exact) mass is 597 g/mol. The third kappa shape index (κ3) is 5.54. The molecule has 16 nitrogen and oxygen atoms in total. The Kier molecular flexibility index (Phi) is 8.17. The Labute approximate surface area is 235 Å². The van der Waals surface area contributed by atoms with Crippen molar-refractivity contribution in [3.8, 4) is 45.8 Å². The summed E-state index contributed by atoms with van der Waals surface area (Å²) in [5.74, 6) is -3.64. The standard InChI is InChI=1S/C26H28O16/c27-9-3-11(28)10-5-16(24(40-15(10)4-9)8-1-12(29)18(32)13(30)2-8)41-26-23(37)21(35)20(34)17(42-26)7-39-25-22(36)19(33)14(31)6-38-25/h1-5,14,17,19-23,25-26,31,33-37H,6-7H2,(H4-,27,28,29,30,32)/p+1/t14-,17+,19+,20-,21+,22-,23-,25+,26-/m1/s1. The lowest BCUT2D eigenvalue weighted by Gasteiger charge is -2.41. The fourth-order valence-electron chi connectivity index (χ4n) is 4.60. The van der Waals surface area contributed by atoms with Crippen molar-refractivity contribution in [2.24, 2.45) is 0 Å². The average Bonchev–Trinajstić information content (AvgIpc) is 2.94. The van der Waals surface area contributed by atoms with Crippen LogP contribution in [0.5, 0.6) is 34.5 Å². The highest BCUT2D eigenvalue weighted by Gasteiger charge is 2.47. The summed E-state index contributed by atoms with van der Waals surface area (Å²) >= 11 is 0. The highest BCUT2D eigenvalue weighted by atomic mass is 16.7. The molecule has 5 rings (SSSR count). The lowest BCUT2D eigenvalue weighted by atomic mass is 9.99. The highest BCUT2D eigenvalue weighted by Crippen LogP contribution is 2.44. The molecule has 1 aromatic heterocycles. The zero-order valence-electron chi connectivity index (χ0n) is 21.5. The van der Waals surface area contributed by atoms with Crippen molar-refractivity contribution >= 4 is 11.0 Å². The van der Waals surface area contributed by atoms with E-state index in [9.17, 15) is 56.2 Å². The molecule has 228 valence electrons. The number of hydrogen-bond donors (Lipinski definition) is 11. The molecular weight excluding hydrogens is 568 g/mol. The largest absolute Gasteiger partial charge is 0.507 e. The Morgan fingerprint density at radius 3 is 2.10 bits per heavy atom. The summed E-state index contributed by atoms with van der Waals surface area (Å²) in [7, 11) is 0. The second-order valence-corrected chi connectivity index (χ2v) is 9.90. The molecule has 11 N–H and O–H groups in total. The van der Waals surface area contributed by atoms with E-state index in [1.165, 1.54) is 6.07 Å². The van der Waals surface area contributed by atoms with E-state index in [0.29, 0.717) is 0 Å². The molecule has 2 fully saturated rings. The van der Waals surface area contributed by atoms with Crippen molar-refractivity contribution in [1.82, 2.24) is 0 Å². The summed E-state index contributed by atoms with van der Waals surface area (Å²) in [6.45, 7) is -0.907. The molecule has 16 heteroatoms. The highest BCUT2D eigenvalue weighted by molar-refractivity contribution is 5.88. The number of hydrogen-bond acceptors (Lipinski definition) is 15. The third-order valence-electron chi connectivity index (χ3n) is 6.94. The lowest BCUT2D eigenvalue weighted by Crippen LogP contribution is -2.61. The van der Waals surface area contributed by atoms with Gasteiger partial charge < -0.3 is 75.1 Å². The summed E-state index contributed by atoms with van der Waals surface area (Å²) in [4.78, 5) is 0. The van der Waals surface area contributed by atoms with E-state index < -0.39 is 84.9 Å². The number of aliphatic hydroxyl groups excluding tert-OH is 6. The molecule has 0 amide bonds. The van der Waals surface area contributed by atoms with E-state index >= 15 is 0 Å². The van der Waals surface area contributed by atoms with Crippen LogP contribution in [0.25, 0.3) is 22.3 Å². The van der Waals surface area contributed by atoms with Gasteiger partial charge in [-0.1, -0.05) is 0 Å². The molecule has 2 aliphatic heterocycles. The second kappa shape index (κ2) is 11.5. The SMILES string of the molecule is Oc1cc(O)c2cc(O[C@@H]3O[C@@H](CO[C@@H]4OC[C@@H](O)[C@H](O)[C@H]4O)[C@@H](O)[C@H](O)[C@H]3O)c(-c3cc(O)c(O)c(O)c3)[o+]c2c1. The normalized spacial score (nSPS) is 31.7. The maximum absolute atomic E-state index is 10.6. The first-order valence-corrected chi connectivity index (χ1v) is 12.6. The first-order chi connectivity index (χ1) is 19.8. The van der Waals surface area contributed by atoms with Crippen molar-refractivity contribution in [2.75, 3.05) is 13.2 Å². The third-order valence-corrected chi connectivity index (χ3v) is 6.94. The van der Waals surface area contributed by atoms with Crippen LogP contribution in [0.2, 0.25) is 0 Å². The van der Waals surface area contributed by atoms with Crippen LogP contribution in [-0.4, -0.2) is 125 Å². The van der Waals surface area contributed by atoms with Crippen molar-refractivity contribution in [1.29, 1.82) is 0 Å². The fourth-order valence-corrected chi connectivity index (χ4v) is 4.60. The Balaban J connectivity index is 1.46. The van der Waals surface area contributed by atoms with Crippen LogP contribution in [0.4, 0.5) is 0 Å². The van der Waals surface area contributed by atoms with Crippen molar-refractivity contribution in [3.05, 3.63) is 30.3 Å². The van der Waals surface area contributed by atoms with Gasteiger partial charge in [0.05, 0.1) is 24.8 Å². The minimum atomic E-state index is -1.87. The zero-order chi connectivity index (χ0) is 30.5. The Morgan fingerprint density at radius 1 is 0.738 bits per heavy atom. The van der Waals surface area contributed by atoms with Gasteiger partial charge in [-0.3, -0.25) is 0 Å². The predicted molar refractivity (Wildman–Crippen MR) is 135 cm³/mol. The van der Waals surface area contributed by atoms with Crippen LogP contribution in [-0.2, 0) is 14.2 Å². The summed E-state index contributed by atoms with van der Waals surface area (Å²) in [6, 6.07) is 5.38. The van der Waals surface area contributed by atoms with Gasteiger partial charge in [0.15, 0.2) is 23.5 Å². The molecule has 2 saturated heterocycles. The van der Waals surface area contributed by atoms with E-state index in [0.717, 1.165) is 24.3 Å². The number of ether oxygens (including phenoxy) is 4. The molecule has 0 radical (unpaired) electrons. The summed E-state index contributed by atoms with van der Waals surface area (Å²) in [5, 5.41) is 111. The maximum atomic E-state index is 10.6. The minimum Gasteiger partial charge on any atom is -0.507 e. The smallest absolute Gasteiger partial charge is 0.402 e. The molecule has 0 bridgehead atoms. The van der Waals surface area contributed by atoms with Crippen LogP contribution in [0.15, 0.2) is 34.7 Å². The number of aromatic hydroxyl groups is 5. The van der Waals surface area contributed by atoms with Gasteiger partial charge in [0.25, 0.3) is 0 Å². The van der Waals surface area contributed by atoms with Crippen LogP contribution >= 0.6 is 0 Å². The quantitative estimate of drug-likeness (QED) is 0.115. The van der Waals surface area contributed by atoms with E-state index in [1.807, 2.05) is 0 Å². The van der Waals surface area contributed by atoms with Crippen LogP contribution < -0.4 is 4.74 Å². The predicted octanol–water partition coefficient (Wildman–Crippen LogP) is -1.45. The number of phenolic OH excluding ortho intramolecular Hbond substituents is 5. The maximum Gasteiger partial charge on any atom is 0.402 e. The van der Waals surface area contributed by atoms with Gasteiger partial charge in [-0.2, -0.15) is 0 Å². The van der Waals surface area contributed by atoms with Crippen LogP contribution in [0, 0.1) is 0 Å². The number of phenols is 5. The van der Waals surface area contributed by atoms with Gasteiger partial charge >= 0.3 is 11.3 Å². The summed E-state index contributed by atoms with van der Waals surface area (Å²) in [6.07, 6.45) is -14.6. The van der Waals surface area contributed by atoms with Gasteiger partial charge in [-0.15, -0.1) is 0 Å². The number of benzene rings is 2. The molecule has 0 saturated carbocycles. The van der Waals surface area contributed by atoms with E-state index in [4.69, 9.17) is 23.4 Å². The molecule has 3 aromatic rings. The molecular formula is C26H29O16+. The summed E-state index contributed by atoms with van der Waals surface area (Å²) < 4.78 is 27.8. The average molecular weight is 598 g/mol. The fraction of sp³-hybridized carbons (Fsp3) is 0.423. The van der Waals surface area contributed by atoms with Crippen molar-refractivity contribution in [2.45, 2.75) is 55.3 Å². The Bertz CT molecular complexity index is 1420. The minimum absolute atomic E-state index is 0.00807. The molecule has 9 atom stereocenters. The molecule has 42 heavy (non-hydrogen) atoms. The van der Waals surface area contributed by atoms with Gasteiger partial charge in [0, 0.05) is 24.3 Å². The lowest BCUT2D eigenvalue weighted by molar-refractivity contribution is -0.307. The molecule has 0 aliphatic carbocycles. The van der Waals surface area contributed by atoms with E-state index in [1.54, 1.807) is 0 Å². The molecule has 0 spiro atoms. The summed E-state index contributed by atoms with van der Waals surface area (Å²) in [5.41, 5.74) is -0.149. The van der Waals surface area contributed by atoms with Crippen LogP contribution in [0.3, 0.4) is 0 Å². The topological polar surface area (TPSA) is 271 Å². The molecule has 2 aliphatic rings. The number of aliphatic hydroxyl groups is 6. The van der Waals surface area contributed by atoms with Gasteiger partial charge in [0.1, 0.15) is 59.6 Å². The van der Waals surface area contributed by atoms with Crippen molar-refractivity contribution in [3.63, 3.8) is 0 Å². The number of fused-ring (bicyclic) bond motifs is 1. The van der Waals surface area contributed by atoms with Gasteiger partial charge in [-0.25, -0.2) is 4.42 Å². The first kappa shape index (κ1) is 29.8. The van der Waals surface area contributed by atoms with Gasteiger partial charge in [-0.05, 0) is 0 Å². The number of rotatable bonds is 6. The Morgan fingerprint density at radius 2 is 1.40 bits per heavy atom. The van der Waals surface area contributed by atoms with Gasteiger partial charge in [0.2, 0.25) is 12.0 Å². The molecule has 0 unspecified atom stereocenters. The zero-order valence-corrected chi connectivity index (χ0v) is 21.5. The van der Waals surface area contributed by atoms with E-state index in [-0.39, 0.29) is 40.4 Å². The first-order valence-electron chi connectivity index (χ1n) is 12.6. The van der Waals surface area contributed by atoms with Crippen LogP contribution in [0.1, 0.15) is 0 Å². The Hall–Kier alpha value is -3.71. The van der Waals surface area contributed by atoms with E-state index in [2.05, 4.69) is 0 Å². The molecule has 2 aromatic carbocycles. The molecule has 3 heterocycles. The van der Waals surface area contributed by atoms with Crippen molar-refractivity contribution < 1.29 is 79.5 Å². The second-order valence-electron chi connectivity index (χ2n) is 9.90.